The molecule has 0 radical (unpaired) electrons. The Bertz CT molecular complexity index is 599. The van der Waals surface area contributed by atoms with Gasteiger partial charge in [-0.25, -0.2) is 0 Å². The van der Waals surface area contributed by atoms with Crippen molar-refractivity contribution in [2.24, 2.45) is 0 Å². The first kappa shape index (κ1) is 13.7. The molecule has 3 rings (SSSR count). The van der Waals surface area contributed by atoms with E-state index in [9.17, 15) is 0 Å². The number of nitrogens with one attached hydrogen (secondary N) is 1. The lowest BCUT2D eigenvalue weighted by molar-refractivity contribution is 0.342. The highest BCUT2D eigenvalue weighted by Crippen LogP contribution is 2.31. The third-order valence-corrected chi connectivity index (χ3v) is 4.36. The highest BCUT2D eigenvalue weighted by molar-refractivity contribution is 7.99. The van der Waals surface area contributed by atoms with Gasteiger partial charge in [-0.2, -0.15) is 16.7 Å². The van der Waals surface area contributed by atoms with Gasteiger partial charge in [-0.15, -0.1) is 0 Å². The summed E-state index contributed by atoms with van der Waals surface area (Å²) < 4.78 is 10.7. The molecule has 1 aliphatic heterocycles. The lowest BCUT2D eigenvalue weighted by Gasteiger charge is -2.19. The molecule has 1 unspecified atom stereocenters. The minimum absolute atomic E-state index is 0.119. The first-order chi connectivity index (χ1) is 9.78. The number of methoxy groups -OCH3 is 1. The Labute approximate surface area is 126 Å². The molecule has 1 aromatic heterocycles. The summed E-state index contributed by atoms with van der Waals surface area (Å²) in [5.74, 6) is 3.83. The Morgan fingerprint density at radius 3 is 3.15 bits per heavy atom. The SMILES string of the molecule is COc1cc(Cl)ccc1-c1noc(C2CSCCN2)n1. The van der Waals surface area contributed by atoms with E-state index in [0.717, 1.165) is 23.6 Å². The number of aromatic nitrogens is 2. The van der Waals surface area contributed by atoms with Crippen LogP contribution in [0.5, 0.6) is 5.75 Å². The van der Waals surface area contributed by atoms with Gasteiger partial charge in [0.15, 0.2) is 0 Å². The number of benzene rings is 1. The van der Waals surface area contributed by atoms with Crippen LogP contribution in [0.3, 0.4) is 0 Å². The van der Waals surface area contributed by atoms with Gasteiger partial charge in [-0.3, -0.25) is 0 Å². The molecule has 0 amide bonds. The number of rotatable bonds is 3. The highest BCUT2D eigenvalue weighted by atomic mass is 35.5. The van der Waals surface area contributed by atoms with E-state index >= 15 is 0 Å². The Balaban J connectivity index is 1.89. The number of halogens is 1. The Kier molecular flexibility index (Phi) is 4.14. The van der Waals surface area contributed by atoms with Crippen LogP contribution in [-0.2, 0) is 0 Å². The minimum Gasteiger partial charge on any atom is -0.496 e. The molecule has 1 aliphatic rings. The summed E-state index contributed by atoms with van der Waals surface area (Å²) in [5.41, 5.74) is 0.773. The first-order valence-corrected chi connectivity index (χ1v) is 7.80. The fourth-order valence-electron chi connectivity index (χ4n) is 2.06. The van der Waals surface area contributed by atoms with Crippen LogP contribution < -0.4 is 10.1 Å². The average Bonchev–Trinajstić information content (AvgIpc) is 2.97. The third-order valence-electron chi connectivity index (χ3n) is 3.07. The van der Waals surface area contributed by atoms with Crippen molar-refractivity contribution in [3.05, 3.63) is 29.1 Å². The fourth-order valence-corrected chi connectivity index (χ4v) is 3.15. The van der Waals surface area contributed by atoms with Gasteiger partial charge in [0.05, 0.1) is 18.7 Å². The van der Waals surface area contributed by atoms with Gasteiger partial charge < -0.3 is 14.6 Å². The monoisotopic (exact) mass is 311 g/mol. The predicted octanol–water partition coefficient (Wildman–Crippen LogP) is 2.78. The number of hydrogen-bond donors (Lipinski definition) is 1. The minimum atomic E-state index is 0.119. The summed E-state index contributed by atoms with van der Waals surface area (Å²) in [4.78, 5) is 4.47. The molecule has 1 N–H and O–H groups in total. The van der Waals surface area contributed by atoms with E-state index in [4.69, 9.17) is 20.9 Å². The van der Waals surface area contributed by atoms with E-state index in [1.165, 1.54) is 0 Å². The van der Waals surface area contributed by atoms with Crippen LogP contribution in [-0.4, -0.2) is 35.3 Å². The molecule has 0 bridgehead atoms. The molecule has 1 fully saturated rings. The molecular formula is C13H14ClN3O2S. The van der Waals surface area contributed by atoms with Gasteiger partial charge in [0.25, 0.3) is 0 Å². The van der Waals surface area contributed by atoms with Crippen molar-refractivity contribution < 1.29 is 9.26 Å². The quantitative estimate of drug-likeness (QED) is 0.940. The molecule has 0 saturated carbocycles. The van der Waals surface area contributed by atoms with E-state index < -0.39 is 0 Å². The molecule has 2 heterocycles. The van der Waals surface area contributed by atoms with Crippen molar-refractivity contribution in [1.29, 1.82) is 0 Å². The molecule has 1 saturated heterocycles. The third kappa shape index (κ3) is 2.77. The number of hydrogen-bond acceptors (Lipinski definition) is 6. The van der Waals surface area contributed by atoms with Gasteiger partial charge in [0, 0.05) is 23.1 Å². The summed E-state index contributed by atoms with van der Waals surface area (Å²) in [6.07, 6.45) is 0. The maximum absolute atomic E-state index is 5.95. The molecule has 5 nitrogen and oxygen atoms in total. The maximum Gasteiger partial charge on any atom is 0.244 e. The van der Waals surface area contributed by atoms with Gasteiger partial charge in [0.2, 0.25) is 11.7 Å². The predicted molar refractivity (Wildman–Crippen MR) is 79.4 cm³/mol. The molecule has 1 atom stereocenters. The zero-order valence-corrected chi connectivity index (χ0v) is 12.5. The molecule has 2 aromatic rings. The smallest absolute Gasteiger partial charge is 0.244 e. The molecule has 0 spiro atoms. The highest BCUT2D eigenvalue weighted by Gasteiger charge is 2.22. The second-order valence-corrected chi connectivity index (χ2v) is 5.97. The van der Waals surface area contributed by atoms with Crippen molar-refractivity contribution in [3.8, 4) is 17.1 Å². The largest absolute Gasteiger partial charge is 0.496 e. The van der Waals surface area contributed by atoms with Gasteiger partial charge in [0.1, 0.15) is 5.75 Å². The van der Waals surface area contributed by atoms with Crippen LogP contribution in [0.4, 0.5) is 0 Å². The molecule has 106 valence electrons. The topological polar surface area (TPSA) is 60.2 Å². The standard InChI is InChI=1S/C13H14ClN3O2S/c1-18-11-6-8(14)2-3-9(11)12-16-13(19-17-12)10-7-20-5-4-15-10/h2-3,6,10,15H,4-5,7H2,1H3. The van der Waals surface area contributed by atoms with Gasteiger partial charge in [-0.1, -0.05) is 16.8 Å². The summed E-state index contributed by atoms with van der Waals surface area (Å²) in [7, 11) is 1.59. The van der Waals surface area contributed by atoms with Crippen molar-refractivity contribution in [2.45, 2.75) is 6.04 Å². The summed E-state index contributed by atoms with van der Waals surface area (Å²) >= 11 is 7.83. The lowest BCUT2D eigenvalue weighted by atomic mass is 10.2. The molecular weight excluding hydrogens is 298 g/mol. The van der Waals surface area contributed by atoms with Crippen LogP contribution in [0, 0.1) is 0 Å². The van der Waals surface area contributed by atoms with Crippen molar-refractivity contribution in [3.63, 3.8) is 0 Å². The van der Waals surface area contributed by atoms with Crippen LogP contribution in [0.2, 0.25) is 5.02 Å². The number of nitrogens with zero attached hydrogens (tertiary/aromatic N) is 2. The zero-order valence-electron chi connectivity index (χ0n) is 10.9. The Morgan fingerprint density at radius 1 is 1.50 bits per heavy atom. The van der Waals surface area contributed by atoms with Crippen LogP contribution in [0.15, 0.2) is 22.7 Å². The van der Waals surface area contributed by atoms with Gasteiger partial charge in [-0.05, 0) is 18.2 Å². The fraction of sp³-hybridized carbons (Fsp3) is 0.385. The molecule has 1 aromatic carbocycles. The first-order valence-electron chi connectivity index (χ1n) is 6.26. The second kappa shape index (κ2) is 6.03. The molecule has 20 heavy (non-hydrogen) atoms. The summed E-state index contributed by atoms with van der Waals surface area (Å²) in [6.45, 7) is 0.956. The average molecular weight is 312 g/mol. The molecule has 7 heteroatoms. The lowest BCUT2D eigenvalue weighted by Crippen LogP contribution is -2.30. The molecule has 0 aliphatic carbocycles. The van der Waals surface area contributed by atoms with E-state index in [1.54, 1.807) is 19.2 Å². The van der Waals surface area contributed by atoms with Crippen molar-refractivity contribution in [1.82, 2.24) is 15.5 Å². The number of thioether (sulfide) groups is 1. The van der Waals surface area contributed by atoms with Crippen LogP contribution in [0.1, 0.15) is 11.9 Å². The zero-order chi connectivity index (χ0) is 13.9. The normalized spacial score (nSPS) is 19.0. The van der Waals surface area contributed by atoms with Crippen molar-refractivity contribution in [2.75, 3.05) is 25.2 Å². The van der Waals surface area contributed by atoms with E-state index in [-0.39, 0.29) is 6.04 Å². The number of ether oxygens (including phenoxy) is 1. The summed E-state index contributed by atoms with van der Waals surface area (Å²) in [6, 6.07) is 5.47. The summed E-state index contributed by atoms with van der Waals surface area (Å²) in [5, 5.41) is 8.02. The Hall–Kier alpha value is -1.24. The maximum atomic E-state index is 5.95. The van der Waals surface area contributed by atoms with E-state index in [1.807, 2.05) is 17.8 Å². The van der Waals surface area contributed by atoms with E-state index in [2.05, 4.69) is 15.5 Å². The van der Waals surface area contributed by atoms with Crippen molar-refractivity contribution >= 4 is 23.4 Å². The Morgan fingerprint density at radius 2 is 2.40 bits per heavy atom. The van der Waals surface area contributed by atoms with Gasteiger partial charge >= 0.3 is 0 Å². The van der Waals surface area contributed by atoms with E-state index in [0.29, 0.717) is 22.5 Å². The second-order valence-electron chi connectivity index (χ2n) is 4.38. The van der Waals surface area contributed by atoms with Crippen LogP contribution >= 0.6 is 23.4 Å². The van der Waals surface area contributed by atoms with Crippen LogP contribution in [0.25, 0.3) is 11.4 Å².